The van der Waals surface area contributed by atoms with E-state index in [0.29, 0.717) is 17.3 Å². The van der Waals surface area contributed by atoms with Gasteiger partial charge in [-0.25, -0.2) is 9.97 Å². The van der Waals surface area contributed by atoms with Crippen LogP contribution in [-0.4, -0.2) is 16.5 Å². The van der Waals surface area contributed by atoms with Gasteiger partial charge in [0, 0.05) is 29.7 Å². The Hall–Kier alpha value is -1.93. The number of nitrogens with one attached hydrogen (secondary N) is 1. The number of thiazole rings is 1. The van der Waals surface area contributed by atoms with Gasteiger partial charge in [0.15, 0.2) is 0 Å². The van der Waals surface area contributed by atoms with Crippen LogP contribution in [0.15, 0.2) is 23.7 Å². The molecule has 2 rings (SSSR count). The number of anilines is 1. The number of aryl methyl sites for hydroxylation is 1. The molecule has 0 amide bonds. The first-order chi connectivity index (χ1) is 8.70. The van der Waals surface area contributed by atoms with Crippen molar-refractivity contribution in [2.24, 2.45) is 0 Å². The highest BCUT2D eigenvalue weighted by Crippen LogP contribution is 2.19. The Kier molecular flexibility index (Phi) is 3.90. The molecule has 0 aliphatic rings. The lowest BCUT2D eigenvalue weighted by Gasteiger charge is -2.12. The SMILES string of the molecule is Cc1ccc(C#N)c(NCC(C)c2nccs2)n1. The maximum atomic E-state index is 9.02. The van der Waals surface area contributed by atoms with E-state index < -0.39 is 0 Å². The highest BCUT2D eigenvalue weighted by molar-refractivity contribution is 7.09. The molecule has 1 N–H and O–H groups in total. The smallest absolute Gasteiger partial charge is 0.144 e. The average molecular weight is 258 g/mol. The van der Waals surface area contributed by atoms with Gasteiger partial charge in [-0.1, -0.05) is 6.92 Å². The molecule has 0 fully saturated rings. The van der Waals surface area contributed by atoms with E-state index >= 15 is 0 Å². The summed E-state index contributed by atoms with van der Waals surface area (Å²) in [5.74, 6) is 0.958. The van der Waals surface area contributed by atoms with Crippen LogP contribution >= 0.6 is 11.3 Å². The van der Waals surface area contributed by atoms with Crippen molar-refractivity contribution < 1.29 is 0 Å². The third-order valence-corrected chi connectivity index (χ3v) is 3.61. The number of nitrogens with zero attached hydrogens (tertiary/aromatic N) is 3. The maximum absolute atomic E-state index is 9.02. The Labute approximate surface area is 110 Å². The Morgan fingerprint density at radius 3 is 3.00 bits per heavy atom. The molecule has 1 atom stereocenters. The van der Waals surface area contributed by atoms with Crippen molar-refractivity contribution in [3.05, 3.63) is 40.0 Å². The van der Waals surface area contributed by atoms with Crippen LogP contribution in [-0.2, 0) is 0 Å². The fourth-order valence-corrected chi connectivity index (χ4v) is 2.30. The van der Waals surface area contributed by atoms with Gasteiger partial charge < -0.3 is 5.32 Å². The molecule has 2 heterocycles. The van der Waals surface area contributed by atoms with Crippen molar-refractivity contribution in [1.82, 2.24) is 9.97 Å². The summed E-state index contributed by atoms with van der Waals surface area (Å²) in [5.41, 5.74) is 1.48. The minimum atomic E-state index is 0.304. The minimum Gasteiger partial charge on any atom is -0.368 e. The van der Waals surface area contributed by atoms with Crippen LogP contribution < -0.4 is 5.32 Å². The molecule has 0 saturated heterocycles. The molecule has 5 heteroatoms. The predicted octanol–water partition coefficient (Wildman–Crippen LogP) is 2.93. The van der Waals surface area contributed by atoms with E-state index in [1.807, 2.05) is 24.6 Å². The zero-order valence-electron chi connectivity index (χ0n) is 10.3. The van der Waals surface area contributed by atoms with E-state index in [1.165, 1.54) is 0 Å². The first kappa shape index (κ1) is 12.5. The van der Waals surface area contributed by atoms with E-state index in [1.54, 1.807) is 17.4 Å². The lowest BCUT2D eigenvalue weighted by atomic mass is 10.2. The molecule has 0 aliphatic carbocycles. The van der Waals surface area contributed by atoms with E-state index in [2.05, 4.69) is 28.3 Å². The molecule has 2 aromatic rings. The molecular formula is C13H14N4S. The zero-order valence-corrected chi connectivity index (χ0v) is 11.2. The van der Waals surface area contributed by atoms with Crippen molar-refractivity contribution in [2.45, 2.75) is 19.8 Å². The molecule has 4 nitrogen and oxygen atoms in total. The van der Waals surface area contributed by atoms with Crippen LogP contribution in [0.5, 0.6) is 0 Å². The topological polar surface area (TPSA) is 61.6 Å². The molecule has 2 aromatic heterocycles. The number of hydrogen-bond acceptors (Lipinski definition) is 5. The van der Waals surface area contributed by atoms with Crippen molar-refractivity contribution in [1.29, 1.82) is 5.26 Å². The second-order valence-corrected chi connectivity index (χ2v) is 5.04. The van der Waals surface area contributed by atoms with Crippen LogP contribution in [0.4, 0.5) is 5.82 Å². The summed E-state index contributed by atoms with van der Waals surface area (Å²) in [6, 6.07) is 5.77. The van der Waals surface area contributed by atoms with Crippen molar-refractivity contribution in [3.8, 4) is 6.07 Å². The third kappa shape index (κ3) is 2.84. The quantitative estimate of drug-likeness (QED) is 0.916. The monoisotopic (exact) mass is 258 g/mol. The van der Waals surface area contributed by atoms with Crippen LogP contribution in [0.2, 0.25) is 0 Å². The van der Waals surface area contributed by atoms with Gasteiger partial charge in [0.2, 0.25) is 0 Å². The van der Waals surface area contributed by atoms with E-state index in [0.717, 1.165) is 17.2 Å². The number of hydrogen-bond donors (Lipinski definition) is 1. The maximum Gasteiger partial charge on any atom is 0.144 e. The van der Waals surface area contributed by atoms with Crippen LogP contribution in [0.3, 0.4) is 0 Å². The van der Waals surface area contributed by atoms with Gasteiger partial charge in [-0.15, -0.1) is 11.3 Å². The molecular weight excluding hydrogens is 244 g/mol. The van der Waals surface area contributed by atoms with Gasteiger partial charge in [-0.3, -0.25) is 0 Å². The Morgan fingerprint density at radius 1 is 1.50 bits per heavy atom. The second kappa shape index (κ2) is 5.61. The highest BCUT2D eigenvalue weighted by atomic mass is 32.1. The molecule has 1 unspecified atom stereocenters. The van der Waals surface area contributed by atoms with E-state index in [-0.39, 0.29) is 0 Å². The number of nitriles is 1. The summed E-state index contributed by atoms with van der Waals surface area (Å²) >= 11 is 1.64. The number of rotatable bonds is 4. The standard InChI is InChI=1S/C13H14N4S/c1-9(13-15-5-6-18-13)8-16-12-11(7-14)4-3-10(2)17-12/h3-6,9H,8H2,1-2H3,(H,16,17). The first-order valence-corrected chi connectivity index (χ1v) is 6.59. The fraction of sp³-hybridized carbons (Fsp3) is 0.308. The largest absolute Gasteiger partial charge is 0.368 e. The van der Waals surface area contributed by atoms with Crippen molar-refractivity contribution >= 4 is 17.2 Å². The normalized spacial score (nSPS) is 11.8. The van der Waals surface area contributed by atoms with Gasteiger partial charge in [-0.2, -0.15) is 5.26 Å². The molecule has 0 bridgehead atoms. The Morgan fingerprint density at radius 2 is 2.33 bits per heavy atom. The summed E-state index contributed by atoms with van der Waals surface area (Å²) in [4.78, 5) is 8.63. The molecule has 0 aromatic carbocycles. The molecule has 0 saturated carbocycles. The minimum absolute atomic E-state index is 0.304. The highest BCUT2D eigenvalue weighted by Gasteiger charge is 2.10. The number of aromatic nitrogens is 2. The summed E-state index contributed by atoms with van der Waals surface area (Å²) in [6.07, 6.45) is 1.81. The van der Waals surface area contributed by atoms with Gasteiger partial charge in [-0.05, 0) is 19.1 Å². The van der Waals surface area contributed by atoms with Crippen molar-refractivity contribution in [2.75, 3.05) is 11.9 Å². The van der Waals surface area contributed by atoms with Crippen LogP contribution in [0.25, 0.3) is 0 Å². The van der Waals surface area contributed by atoms with Crippen LogP contribution in [0, 0.1) is 18.3 Å². The lowest BCUT2D eigenvalue weighted by Crippen LogP contribution is -2.12. The molecule has 0 spiro atoms. The first-order valence-electron chi connectivity index (χ1n) is 5.71. The molecule has 0 radical (unpaired) electrons. The third-order valence-electron chi connectivity index (χ3n) is 2.60. The zero-order chi connectivity index (χ0) is 13.0. The fourth-order valence-electron chi connectivity index (χ4n) is 1.60. The van der Waals surface area contributed by atoms with Gasteiger partial charge in [0.1, 0.15) is 11.9 Å². The van der Waals surface area contributed by atoms with Crippen molar-refractivity contribution in [3.63, 3.8) is 0 Å². The van der Waals surface area contributed by atoms with E-state index in [4.69, 9.17) is 5.26 Å². The summed E-state index contributed by atoms with van der Waals surface area (Å²) in [7, 11) is 0. The van der Waals surface area contributed by atoms with Crippen LogP contribution in [0.1, 0.15) is 29.1 Å². The number of pyridine rings is 1. The molecule has 0 aliphatic heterocycles. The summed E-state index contributed by atoms with van der Waals surface area (Å²) in [6.45, 7) is 4.74. The molecule has 18 heavy (non-hydrogen) atoms. The predicted molar refractivity (Wildman–Crippen MR) is 72.7 cm³/mol. The van der Waals surface area contributed by atoms with Gasteiger partial charge >= 0.3 is 0 Å². The van der Waals surface area contributed by atoms with Gasteiger partial charge in [0.25, 0.3) is 0 Å². The lowest BCUT2D eigenvalue weighted by molar-refractivity contribution is 0.791. The molecule has 92 valence electrons. The van der Waals surface area contributed by atoms with E-state index in [9.17, 15) is 0 Å². The summed E-state index contributed by atoms with van der Waals surface area (Å²) < 4.78 is 0. The second-order valence-electron chi connectivity index (χ2n) is 4.11. The Bertz CT molecular complexity index is 557. The van der Waals surface area contributed by atoms with Gasteiger partial charge in [0.05, 0.1) is 10.6 Å². The Balaban J connectivity index is 2.06. The average Bonchev–Trinajstić information content (AvgIpc) is 2.90. The summed E-state index contributed by atoms with van der Waals surface area (Å²) in [5, 5.41) is 15.3.